The van der Waals surface area contributed by atoms with Crippen LogP contribution in [0, 0.1) is 0 Å². The molecule has 1 aromatic heterocycles. The van der Waals surface area contributed by atoms with Crippen LogP contribution in [0.3, 0.4) is 0 Å². The van der Waals surface area contributed by atoms with Crippen molar-refractivity contribution in [1.82, 2.24) is 5.32 Å². The maximum absolute atomic E-state index is 11.1. The molecule has 2 heterocycles. The normalized spacial score (nSPS) is 15.0. The number of aromatic carboxylic acids is 1. The van der Waals surface area contributed by atoms with Crippen molar-refractivity contribution in [1.29, 1.82) is 0 Å². The van der Waals surface area contributed by atoms with Gasteiger partial charge in [0.05, 0.1) is 0 Å². The Bertz CT molecular complexity index is 571. The number of carboxylic acids is 1. The van der Waals surface area contributed by atoms with Crippen molar-refractivity contribution < 1.29 is 14.3 Å². The minimum atomic E-state index is -0.999. The highest BCUT2D eigenvalue weighted by Crippen LogP contribution is 2.30. The molecule has 0 saturated carbocycles. The molecule has 0 atom stereocenters. The zero-order chi connectivity index (χ0) is 11.1. The molecule has 4 heteroatoms. The molecule has 16 heavy (non-hydrogen) atoms. The van der Waals surface area contributed by atoms with Gasteiger partial charge in [0.15, 0.2) is 0 Å². The minimum absolute atomic E-state index is 0.0665. The maximum Gasteiger partial charge on any atom is 0.372 e. The molecule has 0 unspecified atom stereocenters. The number of benzene rings is 1. The Labute approximate surface area is 91.9 Å². The molecule has 0 radical (unpaired) electrons. The monoisotopic (exact) mass is 217 g/mol. The number of hydrogen-bond acceptors (Lipinski definition) is 3. The molecule has 82 valence electrons. The Hall–Kier alpha value is -1.81. The second-order valence-electron chi connectivity index (χ2n) is 3.93. The molecule has 0 spiro atoms. The van der Waals surface area contributed by atoms with Crippen molar-refractivity contribution in [2.24, 2.45) is 0 Å². The molecule has 1 aliphatic rings. The second kappa shape index (κ2) is 3.35. The fourth-order valence-electron chi connectivity index (χ4n) is 2.28. The molecule has 0 aliphatic carbocycles. The third-order valence-electron chi connectivity index (χ3n) is 2.97. The van der Waals surface area contributed by atoms with Gasteiger partial charge in [0.2, 0.25) is 5.76 Å². The van der Waals surface area contributed by atoms with Gasteiger partial charge in [-0.3, -0.25) is 0 Å². The highest BCUT2D eigenvalue weighted by atomic mass is 16.4. The standard InChI is InChI=1S/C12H11NO3/c14-12(15)11-8-6-13-5-4-7-2-1-3-9(16-11)10(7)8/h1-3,13H,4-6H2,(H,14,15). The zero-order valence-corrected chi connectivity index (χ0v) is 8.62. The van der Waals surface area contributed by atoms with Crippen LogP contribution in [0.25, 0.3) is 11.0 Å². The lowest BCUT2D eigenvalue weighted by Crippen LogP contribution is -2.15. The third kappa shape index (κ3) is 1.23. The Balaban J connectivity index is 2.39. The van der Waals surface area contributed by atoms with E-state index < -0.39 is 5.97 Å². The number of nitrogens with one attached hydrogen (secondary N) is 1. The summed E-state index contributed by atoms with van der Waals surface area (Å²) in [5.74, 6) is -0.933. The van der Waals surface area contributed by atoms with E-state index in [4.69, 9.17) is 9.52 Å². The average molecular weight is 217 g/mol. The first kappa shape index (κ1) is 9.42. The van der Waals surface area contributed by atoms with Gasteiger partial charge in [-0.15, -0.1) is 0 Å². The first-order valence-electron chi connectivity index (χ1n) is 5.24. The SMILES string of the molecule is O=C(O)c1oc2cccc3c2c1CNCC3. The summed E-state index contributed by atoms with van der Waals surface area (Å²) in [5, 5.41) is 13.3. The molecule has 0 saturated heterocycles. The summed E-state index contributed by atoms with van der Waals surface area (Å²) in [6, 6.07) is 5.75. The summed E-state index contributed by atoms with van der Waals surface area (Å²) in [4.78, 5) is 11.1. The number of rotatable bonds is 1. The summed E-state index contributed by atoms with van der Waals surface area (Å²) >= 11 is 0. The Morgan fingerprint density at radius 2 is 2.31 bits per heavy atom. The van der Waals surface area contributed by atoms with E-state index in [9.17, 15) is 4.79 Å². The number of carboxylic acid groups (broad SMARTS) is 1. The van der Waals surface area contributed by atoms with E-state index in [0.29, 0.717) is 12.1 Å². The lowest BCUT2D eigenvalue weighted by Gasteiger charge is -1.98. The summed E-state index contributed by atoms with van der Waals surface area (Å²) in [7, 11) is 0. The van der Waals surface area contributed by atoms with Crippen LogP contribution < -0.4 is 5.32 Å². The van der Waals surface area contributed by atoms with Crippen molar-refractivity contribution >= 4 is 16.9 Å². The van der Waals surface area contributed by atoms with Gasteiger partial charge in [0.1, 0.15) is 5.58 Å². The smallest absolute Gasteiger partial charge is 0.372 e. The van der Waals surface area contributed by atoms with Crippen LogP contribution in [0.15, 0.2) is 22.6 Å². The van der Waals surface area contributed by atoms with E-state index in [2.05, 4.69) is 5.32 Å². The van der Waals surface area contributed by atoms with Crippen molar-refractivity contribution in [3.63, 3.8) is 0 Å². The van der Waals surface area contributed by atoms with Crippen LogP contribution in [-0.4, -0.2) is 17.6 Å². The van der Waals surface area contributed by atoms with E-state index in [1.165, 1.54) is 0 Å². The van der Waals surface area contributed by atoms with Gasteiger partial charge in [-0.2, -0.15) is 0 Å². The van der Waals surface area contributed by atoms with E-state index in [0.717, 1.165) is 29.5 Å². The van der Waals surface area contributed by atoms with Gasteiger partial charge in [0.25, 0.3) is 0 Å². The van der Waals surface area contributed by atoms with Crippen LogP contribution in [-0.2, 0) is 13.0 Å². The maximum atomic E-state index is 11.1. The zero-order valence-electron chi connectivity index (χ0n) is 8.62. The lowest BCUT2D eigenvalue weighted by molar-refractivity contribution is 0.0663. The first-order chi connectivity index (χ1) is 7.77. The predicted octanol–water partition coefficient (Wildman–Crippen LogP) is 1.78. The van der Waals surface area contributed by atoms with Gasteiger partial charge in [-0.25, -0.2) is 4.79 Å². The molecule has 1 aromatic carbocycles. The summed E-state index contributed by atoms with van der Waals surface area (Å²) < 4.78 is 5.39. The first-order valence-corrected chi connectivity index (χ1v) is 5.24. The van der Waals surface area contributed by atoms with Gasteiger partial charge in [-0.05, 0) is 24.6 Å². The van der Waals surface area contributed by atoms with E-state index >= 15 is 0 Å². The van der Waals surface area contributed by atoms with Gasteiger partial charge < -0.3 is 14.8 Å². The predicted molar refractivity (Wildman–Crippen MR) is 58.6 cm³/mol. The summed E-state index contributed by atoms with van der Waals surface area (Å²) in [6.45, 7) is 1.43. The van der Waals surface area contributed by atoms with Gasteiger partial charge >= 0.3 is 5.97 Å². The average Bonchev–Trinajstić information content (AvgIpc) is 2.50. The summed E-state index contributed by atoms with van der Waals surface area (Å²) in [5.41, 5.74) is 2.61. The molecule has 0 amide bonds. The molecule has 4 nitrogen and oxygen atoms in total. The van der Waals surface area contributed by atoms with Crippen LogP contribution in [0.4, 0.5) is 0 Å². The molecular weight excluding hydrogens is 206 g/mol. The molecule has 2 aromatic rings. The van der Waals surface area contributed by atoms with Crippen molar-refractivity contribution in [2.75, 3.05) is 6.54 Å². The van der Waals surface area contributed by atoms with Gasteiger partial charge in [-0.1, -0.05) is 12.1 Å². The van der Waals surface area contributed by atoms with E-state index in [-0.39, 0.29) is 5.76 Å². The Morgan fingerprint density at radius 3 is 3.12 bits per heavy atom. The quantitative estimate of drug-likeness (QED) is 0.764. The highest BCUT2D eigenvalue weighted by Gasteiger charge is 2.22. The van der Waals surface area contributed by atoms with E-state index in [1.54, 1.807) is 0 Å². The minimum Gasteiger partial charge on any atom is -0.475 e. The highest BCUT2D eigenvalue weighted by molar-refractivity contribution is 5.96. The van der Waals surface area contributed by atoms with Crippen LogP contribution in [0.1, 0.15) is 21.7 Å². The second-order valence-corrected chi connectivity index (χ2v) is 3.93. The fourth-order valence-corrected chi connectivity index (χ4v) is 2.28. The molecule has 1 aliphatic heterocycles. The largest absolute Gasteiger partial charge is 0.475 e. The number of furan rings is 1. The molecule has 0 bridgehead atoms. The van der Waals surface area contributed by atoms with Crippen molar-refractivity contribution in [3.8, 4) is 0 Å². The van der Waals surface area contributed by atoms with Crippen molar-refractivity contribution in [2.45, 2.75) is 13.0 Å². The number of hydrogen-bond donors (Lipinski definition) is 2. The Morgan fingerprint density at radius 1 is 1.44 bits per heavy atom. The molecule has 2 N–H and O–H groups in total. The number of carbonyl (C=O) groups is 1. The summed E-state index contributed by atoms with van der Waals surface area (Å²) in [6.07, 6.45) is 0.906. The van der Waals surface area contributed by atoms with E-state index in [1.807, 2.05) is 18.2 Å². The topological polar surface area (TPSA) is 62.5 Å². The van der Waals surface area contributed by atoms with Crippen molar-refractivity contribution in [3.05, 3.63) is 35.1 Å². The lowest BCUT2D eigenvalue weighted by atomic mass is 10.0. The van der Waals surface area contributed by atoms with Crippen LogP contribution in [0.5, 0.6) is 0 Å². The van der Waals surface area contributed by atoms with Crippen LogP contribution >= 0.6 is 0 Å². The van der Waals surface area contributed by atoms with Gasteiger partial charge in [0, 0.05) is 17.5 Å². The van der Waals surface area contributed by atoms with Crippen LogP contribution in [0.2, 0.25) is 0 Å². The molecular formula is C12H11NO3. The third-order valence-corrected chi connectivity index (χ3v) is 2.97. The Kier molecular flexibility index (Phi) is 1.97. The molecule has 0 fully saturated rings. The molecule has 3 rings (SSSR count). The fraction of sp³-hybridized carbons (Fsp3) is 0.250.